The largest absolute Gasteiger partial charge is 0.454 e. The molecule has 0 radical (unpaired) electrons. The first-order chi connectivity index (χ1) is 12.1. The molecule has 0 atom stereocenters. The molecule has 0 unspecified atom stereocenters. The highest BCUT2D eigenvalue weighted by Gasteiger charge is 2.17. The molecule has 126 valence electrons. The fourth-order valence-corrected chi connectivity index (χ4v) is 2.76. The molecule has 2 aromatic carbocycles. The highest BCUT2D eigenvalue weighted by Crippen LogP contribution is 2.34. The molecule has 1 aliphatic heterocycles. The predicted octanol–water partition coefficient (Wildman–Crippen LogP) is 3.72. The molecule has 2 heterocycles. The van der Waals surface area contributed by atoms with E-state index in [9.17, 15) is 4.79 Å². The summed E-state index contributed by atoms with van der Waals surface area (Å²) >= 11 is 5.92. The summed E-state index contributed by atoms with van der Waals surface area (Å²) in [6.07, 6.45) is 0. The van der Waals surface area contributed by atoms with E-state index in [2.05, 4.69) is 10.4 Å². The third-order valence-electron chi connectivity index (χ3n) is 3.88. The Hall–Kier alpha value is -2.99. The van der Waals surface area contributed by atoms with E-state index in [-0.39, 0.29) is 12.7 Å². The fourth-order valence-electron chi connectivity index (χ4n) is 2.64. The van der Waals surface area contributed by atoms with Gasteiger partial charge in [0.2, 0.25) is 6.79 Å². The number of amides is 1. The van der Waals surface area contributed by atoms with Crippen molar-refractivity contribution in [3.05, 3.63) is 59.2 Å². The van der Waals surface area contributed by atoms with Gasteiger partial charge in [0, 0.05) is 23.8 Å². The minimum Gasteiger partial charge on any atom is -0.454 e. The topological polar surface area (TPSA) is 65.4 Å². The number of hydrogen-bond donors (Lipinski definition) is 1. The Morgan fingerprint density at radius 3 is 2.68 bits per heavy atom. The van der Waals surface area contributed by atoms with Gasteiger partial charge in [-0.1, -0.05) is 23.7 Å². The number of benzene rings is 2. The maximum absolute atomic E-state index is 12.5. The summed E-state index contributed by atoms with van der Waals surface area (Å²) in [7, 11) is 1.79. The average Bonchev–Trinajstić information content (AvgIpc) is 3.22. The van der Waals surface area contributed by atoms with E-state index in [1.54, 1.807) is 48.1 Å². The Balaban J connectivity index is 1.56. The van der Waals surface area contributed by atoms with Crippen LogP contribution in [0.25, 0.3) is 11.3 Å². The van der Waals surface area contributed by atoms with Crippen molar-refractivity contribution < 1.29 is 14.3 Å². The van der Waals surface area contributed by atoms with Gasteiger partial charge in [-0.2, -0.15) is 5.10 Å². The van der Waals surface area contributed by atoms with E-state index >= 15 is 0 Å². The summed E-state index contributed by atoms with van der Waals surface area (Å²) in [6.45, 7) is 0.192. The van der Waals surface area contributed by atoms with Crippen molar-refractivity contribution in [3.8, 4) is 22.8 Å². The molecule has 4 rings (SSSR count). The molecule has 0 bridgehead atoms. The summed E-state index contributed by atoms with van der Waals surface area (Å²) in [5.41, 5.74) is 2.70. The van der Waals surface area contributed by atoms with E-state index in [0.29, 0.717) is 27.9 Å². The molecule has 0 saturated heterocycles. The van der Waals surface area contributed by atoms with Crippen LogP contribution in [0.4, 0.5) is 5.69 Å². The van der Waals surface area contributed by atoms with Crippen molar-refractivity contribution in [2.75, 3.05) is 12.1 Å². The van der Waals surface area contributed by atoms with Gasteiger partial charge in [-0.25, -0.2) is 0 Å². The highest BCUT2D eigenvalue weighted by atomic mass is 35.5. The second-order valence-electron chi connectivity index (χ2n) is 5.57. The van der Waals surface area contributed by atoms with E-state index in [4.69, 9.17) is 21.1 Å². The van der Waals surface area contributed by atoms with Crippen LogP contribution in [0.3, 0.4) is 0 Å². The van der Waals surface area contributed by atoms with Crippen molar-refractivity contribution >= 4 is 23.2 Å². The van der Waals surface area contributed by atoms with E-state index in [1.165, 1.54) is 0 Å². The molecule has 0 fully saturated rings. The molecule has 7 heteroatoms. The van der Waals surface area contributed by atoms with Gasteiger partial charge in [-0.15, -0.1) is 0 Å². The fraction of sp³-hybridized carbons (Fsp3) is 0.111. The summed E-state index contributed by atoms with van der Waals surface area (Å²) in [5.74, 6) is 0.983. The zero-order valence-corrected chi connectivity index (χ0v) is 14.1. The Kier molecular flexibility index (Phi) is 3.82. The molecular weight excluding hydrogens is 342 g/mol. The van der Waals surface area contributed by atoms with Crippen molar-refractivity contribution in [1.29, 1.82) is 0 Å². The van der Waals surface area contributed by atoms with E-state index in [0.717, 1.165) is 11.3 Å². The van der Waals surface area contributed by atoms with Crippen LogP contribution in [-0.2, 0) is 7.05 Å². The van der Waals surface area contributed by atoms with Crippen LogP contribution in [0.1, 0.15) is 10.5 Å². The summed E-state index contributed by atoms with van der Waals surface area (Å²) < 4.78 is 12.2. The average molecular weight is 356 g/mol. The first-order valence-corrected chi connectivity index (χ1v) is 7.99. The lowest BCUT2D eigenvalue weighted by atomic mass is 10.1. The second-order valence-corrected chi connectivity index (χ2v) is 6.00. The lowest BCUT2D eigenvalue weighted by Gasteiger charge is -2.04. The Labute approximate surface area is 148 Å². The lowest BCUT2D eigenvalue weighted by molar-refractivity contribution is 0.102. The Bertz CT molecular complexity index is 951. The summed E-state index contributed by atoms with van der Waals surface area (Å²) in [4.78, 5) is 12.5. The van der Waals surface area contributed by atoms with Gasteiger partial charge in [0.05, 0.1) is 5.69 Å². The van der Waals surface area contributed by atoms with Crippen molar-refractivity contribution in [1.82, 2.24) is 9.78 Å². The Morgan fingerprint density at radius 1 is 1.12 bits per heavy atom. The molecule has 0 saturated carbocycles. The smallest absolute Gasteiger partial charge is 0.276 e. The number of nitrogens with one attached hydrogen (secondary N) is 1. The van der Waals surface area contributed by atoms with Crippen LogP contribution in [-0.4, -0.2) is 22.5 Å². The van der Waals surface area contributed by atoms with Gasteiger partial charge in [-0.3, -0.25) is 9.48 Å². The molecule has 1 amide bonds. The molecule has 3 aromatic rings. The van der Waals surface area contributed by atoms with Crippen molar-refractivity contribution in [3.63, 3.8) is 0 Å². The Morgan fingerprint density at radius 2 is 1.88 bits per heavy atom. The number of ether oxygens (including phenoxy) is 2. The second kappa shape index (κ2) is 6.14. The number of hydrogen-bond acceptors (Lipinski definition) is 4. The number of aromatic nitrogens is 2. The molecular formula is C18H14ClN3O3. The van der Waals surface area contributed by atoms with Crippen molar-refractivity contribution in [2.45, 2.75) is 0 Å². The molecule has 6 nitrogen and oxygen atoms in total. The maximum atomic E-state index is 12.5. The number of carbonyl (C=O) groups is 1. The number of carbonyl (C=O) groups excluding carboxylic acids is 1. The van der Waals surface area contributed by atoms with Crippen LogP contribution in [0, 0.1) is 0 Å². The maximum Gasteiger partial charge on any atom is 0.276 e. The molecule has 1 aliphatic rings. The van der Waals surface area contributed by atoms with Gasteiger partial charge >= 0.3 is 0 Å². The van der Waals surface area contributed by atoms with Crippen LogP contribution >= 0.6 is 11.6 Å². The third-order valence-corrected chi connectivity index (χ3v) is 4.13. The lowest BCUT2D eigenvalue weighted by Crippen LogP contribution is -2.12. The van der Waals surface area contributed by atoms with Crippen LogP contribution in [0.15, 0.2) is 48.5 Å². The number of aryl methyl sites for hydroxylation is 1. The zero-order valence-electron chi connectivity index (χ0n) is 13.3. The quantitative estimate of drug-likeness (QED) is 0.777. The van der Waals surface area contributed by atoms with Crippen LogP contribution in [0.5, 0.6) is 11.5 Å². The first-order valence-electron chi connectivity index (χ1n) is 7.61. The van der Waals surface area contributed by atoms with Gasteiger partial charge in [-0.05, 0) is 35.9 Å². The third kappa shape index (κ3) is 3.04. The minimum absolute atomic E-state index is 0.192. The molecule has 0 spiro atoms. The molecule has 1 aromatic heterocycles. The van der Waals surface area contributed by atoms with Gasteiger partial charge in [0.15, 0.2) is 17.2 Å². The van der Waals surface area contributed by atoms with Gasteiger partial charge in [0.25, 0.3) is 5.91 Å². The van der Waals surface area contributed by atoms with Crippen molar-refractivity contribution in [2.24, 2.45) is 7.05 Å². The SMILES string of the molecule is Cn1nc(C(=O)Nc2ccc3c(c2)OCO3)cc1-c1ccc(Cl)cc1. The number of anilines is 1. The predicted molar refractivity (Wildman–Crippen MR) is 94.2 cm³/mol. The van der Waals surface area contributed by atoms with E-state index < -0.39 is 0 Å². The number of nitrogens with zero attached hydrogens (tertiary/aromatic N) is 2. The van der Waals surface area contributed by atoms with E-state index in [1.807, 2.05) is 12.1 Å². The normalized spacial score (nSPS) is 12.2. The number of rotatable bonds is 3. The monoisotopic (exact) mass is 355 g/mol. The minimum atomic E-state index is -0.297. The molecule has 0 aliphatic carbocycles. The van der Waals surface area contributed by atoms with Gasteiger partial charge < -0.3 is 14.8 Å². The van der Waals surface area contributed by atoms with Crippen LogP contribution in [0.2, 0.25) is 5.02 Å². The number of halogens is 1. The summed E-state index contributed by atoms with van der Waals surface area (Å²) in [6, 6.07) is 14.4. The number of fused-ring (bicyclic) bond motifs is 1. The molecule has 1 N–H and O–H groups in total. The van der Waals surface area contributed by atoms with Crippen LogP contribution < -0.4 is 14.8 Å². The van der Waals surface area contributed by atoms with Gasteiger partial charge in [0.1, 0.15) is 0 Å². The zero-order chi connectivity index (χ0) is 17.4. The first kappa shape index (κ1) is 15.5. The summed E-state index contributed by atoms with van der Waals surface area (Å²) in [5, 5.41) is 7.77. The highest BCUT2D eigenvalue weighted by molar-refractivity contribution is 6.30. The molecule has 25 heavy (non-hydrogen) atoms. The standard InChI is InChI=1S/C18H14ClN3O3/c1-22-15(11-2-4-12(19)5-3-11)9-14(21-22)18(23)20-13-6-7-16-17(8-13)25-10-24-16/h2-9H,10H2,1H3,(H,20,23).